The van der Waals surface area contributed by atoms with E-state index in [4.69, 9.17) is 4.98 Å². The van der Waals surface area contributed by atoms with Gasteiger partial charge in [0.25, 0.3) is 0 Å². The molecule has 1 nitrogen and oxygen atoms in total. The van der Waals surface area contributed by atoms with Crippen molar-refractivity contribution < 1.29 is 0 Å². The fourth-order valence-corrected chi connectivity index (χ4v) is 2.67. The van der Waals surface area contributed by atoms with E-state index in [0.717, 1.165) is 11.2 Å². The third-order valence-electron chi connectivity index (χ3n) is 4.01. The number of rotatable bonds is 0. The fraction of sp³-hybridized carbons (Fsp3) is 0.235. The number of aromatic nitrogens is 1. The monoisotopic (exact) mass is 235 g/mol. The Balaban J connectivity index is 2.64. The largest absolute Gasteiger partial charge is 0.252 e. The van der Waals surface area contributed by atoms with Gasteiger partial charge in [0.15, 0.2) is 0 Å². The Morgan fingerprint density at radius 2 is 1.44 bits per heavy atom. The summed E-state index contributed by atoms with van der Waals surface area (Å²) in [6, 6.07) is 10.8. The van der Waals surface area contributed by atoms with E-state index in [-0.39, 0.29) is 0 Å². The molecule has 18 heavy (non-hydrogen) atoms. The zero-order valence-corrected chi connectivity index (χ0v) is 11.3. The maximum absolute atomic E-state index is 4.81. The van der Waals surface area contributed by atoms with Gasteiger partial charge in [-0.1, -0.05) is 24.3 Å². The Hall–Kier alpha value is -1.89. The van der Waals surface area contributed by atoms with Crippen molar-refractivity contribution in [2.24, 2.45) is 0 Å². The first-order valence-electron chi connectivity index (χ1n) is 6.35. The van der Waals surface area contributed by atoms with E-state index in [1.54, 1.807) is 0 Å². The second-order valence-corrected chi connectivity index (χ2v) is 5.08. The van der Waals surface area contributed by atoms with E-state index >= 15 is 0 Å². The first kappa shape index (κ1) is 11.2. The summed E-state index contributed by atoms with van der Waals surface area (Å²) >= 11 is 0. The molecule has 0 amide bonds. The highest BCUT2D eigenvalue weighted by molar-refractivity contribution is 6.08. The number of aryl methyl sites for hydroxylation is 3. The van der Waals surface area contributed by atoms with Crippen LogP contribution in [0.3, 0.4) is 0 Å². The van der Waals surface area contributed by atoms with Crippen LogP contribution in [0.5, 0.6) is 0 Å². The van der Waals surface area contributed by atoms with Crippen LogP contribution in [-0.4, -0.2) is 4.98 Å². The first-order chi connectivity index (χ1) is 8.59. The Morgan fingerprint density at radius 3 is 2.17 bits per heavy atom. The lowest BCUT2D eigenvalue weighted by Gasteiger charge is -2.12. The number of benzene rings is 2. The fourth-order valence-electron chi connectivity index (χ4n) is 2.67. The van der Waals surface area contributed by atoms with E-state index in [9.17, 15) is 0 Å². The van der Waals surface area contributed by atoms with E-state index in [1.807, 2.05) is 0 Å². The summed E-state index contributed by atoms with van der Waals surface area (Å²) in [6.07, 6.45) is 0. The second-order valence-electron chi connectivity index (χ2n) is 5.08. The molecule has 1 heterocycles. The average Bonchev–Trinajstić information content (AvgIpc) is 2.38. The van der Waals surface area contributed by atoms with Gasteiger partial charge in [-0.3, -0.25) is 4.98 Å². The van der Waals surface area contributed by atoms with Gasteiger partial charge in [0.1, 0.15) is 0 Å². The number of hydrogen-bond acceptors (Lipinski definition) is 1. The molecule has 0 N–H and O–H groups in total. The van der Waals surface area contributed by atoms with Crippen molar-refractivity contribution in [1.82, 2.24) is 4.98 Å². The summed E-state index contributed by atoms with van der Waals surface area (Å²) in [6.45, 7) is 8.62. The second kappa shape index (κ2) is 3.81. The minimum Gasteiger partial charge on any atom is -0.252 e. The topological polar surface area (TPSA) is 12.9 Å². The molecule has 2 aromatic carbocycles. The minimum atomic E-state index is 1.13. The summed E-state index contributed by atoms with van der Waals surface area (Å²) < 4.78 is 0. The predicted octanol–water partition coefficient (Wildman–Crippen LogP) is 4.62. The van der Waals surface area contributed by atoms with Crippen LogP contribution in [-0.2, 0) is 0 Å². The van der Waals surface area contributed by atoms with Crippen molar-refractivity contribution in [3.8, 4) is 0 Å². The lowest BCUT2D eigenvalue weighted by atomic mass is 9.96. The summed E-state index contributed by atoms with van der Waals surface area (Å²) in [5, 5.41) is 3.85. The van der Waals surface area contributed by atoms with Crippen LogP contribution in [0.4, 0.5) is 0 Å². The molecule has 0 fully saturated rings. The van der Waals surface area contributed by atoms with Crippen molar-refractivity contribution in [2.45, 2.75) is 27.7 Å². The predicted molar refractivity (Wildman–Crippen MR) is 78.2 cm³/mol. The molecule has 0 spiro atoms. The van der Waals surface area contributed by atoms with Crippen molar-refractivity contribution in [3.63, 3.8) is 0 Å². The highest BCUT2D eigenvalue weighted by Crippen LogP contribution is 2.30. The van der Waals surface area contributed by atoms with Crippen molar-refractivity contribution in [1.29, 1.82) is 0 Å². The SMILES string of the molecule is Cc1nc2c(cc(C)c3ccccc32)c(C)c1C. The summed E-state index contributed by atoms with van der Waals surface area (Å²) in [4.78, 5) is 4.81. The molecule has 3 aromatic rings. The van der Waals surface area contributed by atoms with E-state index in [2.05, 4.69) is 58.0 Å². The van der Waals surface area contributed by atoms with Crippen LogP contribution < -0.4 is 0 Å². The normalized spacial score (nSPS) is 11.3. The quantitative estimate of drug-likeness (QED) is 0.518. The zero-order chi connectivity index (χ0) is 12.9. The molecule has 0 unspecified atom stereocenters. The van der Waals surface area contributed by atoms with Crippen LogP contribution in [0.15, 0.2) is 30.3 Å². The highest BCUT2D eigenvalue weighted by atomic mass is 14.7. The number of hydrogen-bond donors (Lipinski definition) is 0. The first-order valence-corrected chi connectivity index (χ1v) is 6.35. The van der Waals surface area contributed by atoms with E-state index in [1.165, 1.54) is 32.8 Å². The van der Waals surface area contributed by atoms with Gasteiger partial charge in [-0.15, -0.1) is 0 Å². The lowest BCUT2D eigenvalue weighted by Crippen LogP contribution is -1.95. The van der Waals surface area contributed by atoms with Crippen LogP contribution >= 0.6 is 0 Å². The maximum atomic E-state index is 4.81. The van der Waals surface area contributed by atoms with Crippen LogP contribution in [0.25, 0.3) is 21.7 Å². The third-order valence-corrected chi connectivity index (χ3v) is 4.01. The summed E-state index contributed by atoms with van der Waals surface area (Å²) in [7, 11) is 0. The van der Waals surface area contributed by atoms with Gasteiger partial charge in [0.05, 0.1) is 5.52 Å². The molecular formula is C17H17N. The molecule has 90 valence electrons. The van der Waals surface area contributed by atoms with Gasteiger partial charge in [-0.05, 0) is 55.8 Å². The lowest BCUT2D eigenvalue weighted by molar-refractivity contribution is 1.17. The van der Waals surface area contributed by atoms with Gasteiger partial charge in [-0.25, -0.2) is 0 Å². The average molecular weight is 235 g/mol. The number of pyridine rings is 1. The Morgan fingerprint density at radius 1 is 0.778 bits per heavy atom. The molecule has 1 heteroatoms. The third kappa shape index (κ3) is 1.43. The molecule has 0 aliphatic carbocycles. The van der Waals surface area contributed by atoms with Gasteiger partial charge in [0, 0.05) is 16.5 Å². The van der Waals surface area contributed by atoms with Gasteiger partial charge < -0.3 is 0 Å². The van der Waals surface area contributed by atoms with Crippen LogP contribution in [0.2, 0.25) is 0 Å². The van der Waals surface area contributed by atoms with Crippen molar-refractivity contribution >= 4 is 21.7 Å². The Kier molecular flexibility index (Phi) is 2.37. The smallest absolute Gasteiger partial charge is 0.0786 e. The molecule has 3 rings (SSSR count). The molecule has 0 saturated carbocycles. The molecule has 1 aromatic heterocycles. The van der Waals surface area contributed by atoms with Crippen LogP contribution in [0.1, 0.15) is 22.4 Å². The Labute approximate surface area is 107 Å². The molecule has 0 saturated heterocycles. The summed E-state index contributed by atoms with van der Waals surface area (Å²) in [5.41, 5.74) is 6.25. The summed E-state index contributed by atoms with van der Waals surface area (Å²) in [5.74, 6) is 0. The molecule has 0 aliphatic rings. The highest BCUT2D eigenvalue weighted by Gasteiger charge is 2.10. The van der Waals surface area contributed by atoms with Crippen LogP contribution in [0, 0.1) is 27.7 Å². The number of nitrogens with zero attached hydrogens (tertiary/aromatic N) is 1. The number of fused-ring (bicyclic) bond motifs is 3. The van der Waals surface area contributed by atoms with Gasteiger partial charge in [-0.2, -0.15) is 0 Å². The zero-order valence-electron chi connectivity index (χ0n) is 11.3. The van der Waals surface area contributed by atoms with Crippen molar-refractivity contribution in [3.05, 3.63) is 52.7 Å². The molecule has 0 radical (unpaired) electrons. The van der Waals surface area contributed by atoms with E-state index in [0.29, 0.717) is 0 Å². The molecular weight excluding hydrogens is 218 g/mol. The molecule has 0 bridgehead atoms. The van der Waals surface area contributed by atoms with Crippen molar-refractivity contribution in [2.75, 3.05) is 0 Å². The Bertz CT molecular complexity index is 770. The molecule has 0 aliphatic heterocycles. The standard InChI is InChI=1S/C17H17N/c1-10-9-16-12(3)11(2)13(4)18-17(16)15-8-6-5-7-14(10)15/h5-9H,1-4H3. The minimum absolute atomic E-state index is 1.13. The van der Waals surface area contributed by atoms with E-state index < -0.39 is 0 Å². The molecule has 0 atom stereocenters. The maximum Gasteiger partial charge on any atom is 0.0786 e. The van der Waals surface area contributed by atoms with Gasteiger partial charge >= 0.3 is 0 Å². The van der Waals surface area contributed by atoms with Gasteiger partial charge in [0.2, 0.25) is 0 Å².